The molecule has 0 aromatic carbocycles. The summed E-state index contributed by atoms with van der Waals surface area (Å²) in [6.45, 7) is 8.71. The van der Waals surface area contributed by atoms with Crippen molar-refractivity contribution >= 4 is 12.0 Å². The topological polar surface area (TPSA) is 64.1 Å². The van der Waals surface area contributed by atoms with Gasteiger partial charge in [-0.2, -0.15) is 0 Å². The molecule has 1 N–H and O–H groups in total. The fraction of sp³-hybridized carbons (Fsp3) is 0.867. The molecule has 0 spiro atoms. The van der Waals surface area contributed by atoms with Gasteiger partial charge in [-0.15, -0.1) is 0 Å². The van der Waals surface area contributed by atoms with Crippen LogP contribution >= 0.6 is 0 Å². The number of amides is 2. The Labute approximate surface area is 126 Å². The van der Waals surface area contributed by atoms with E-state index >= 15 is 0 Å². The van der Waals surface area contributed by atoms with E-state index in [2.05, 4.69) is 4.90 Å². The molecular weight excluding hydrogens is 270 g/mol. The highest BCUT2D eigenvalue weighted by molar-refractivity contribution is 5.76. The van der Waals surface area contributed by atoms with Crippen molar-refractivity contribution in [2.75, 3.05) is 39.3 Å². The summed E-state index contributed by atoms with van der Waals surface area (Å²) in [7, 11) is 0. The van der Waals surface area contributed by atoms with Crippen LogP contribution in [0.4, 0.5) is 4.79 Å². The first kappa shape index (κ1) is 16.1. The first-order valence-corrected chi connectivity index (χ1v) is 7.97. The first-order valence-electron chi connectivity index (χ1n) is 7.97. The summed E-state index contributed by atoms with van der Waals surface area (Å²) < 4.78 is 0. The second kappa shape index (κ2) is 7.11. The van der Waals surface area contributed by atoms with Crippen molar-refractivity contribution in [2.45, 2.75) is 39.2 Å². The van der Waals surface area contributed by atoms with E-state index < -0.39 is 5.97 Å². The molecule has 1 saturated carbocycles. The van der Waals surface area contributed by atoms with Gasteiger partial charge >= 0.3 is 12.0 Å². The summed E-state index contributed by atoms with van der Waals surface area (Å²) in [4.78, 5) is 29.2. The van der Waals surface area contributed by atoms with E-state index in [0.29, 0.717) is 0 Å². The maximum absolute atomic E-state index is 12.5. The number of carboxylic acid groups (broad SMARTS) is 1. The number of piperazine rings is 1. The summed E-state index contributed by atoms with van der Waals surface area (Å²) in [6, 6.07) is 0.0127. The normalized spacial score (nSPS) is 19.9. The summed E-state index contributed by atoms with van der Waals surface area (Å²) >= 11 is 0. The van der Waals surface area contributed by atoms with Crippen LogP contribution in [0.1, 0.15) is 33.1 Å². The van der Waals surface area contributed by atoms with Crippen molar-refractivity contribution in [1.29, 1.82) is 0 Å². The fourth-order valence-corrected chi connectivity index (χ4v) is 2.76. The molecule has 0 aromatic rings. The van der Waals surface area contributed by atoms with Gasteiger partial charge in [0.15, 0.2) is 0 Å². The lowest BCUT2D eigenvalue weighted by Crippen LogP contribution is -2.54. The first-order chi connectivity index (χ1) is 9.97. The molecule has 6 heteroatoms. The van der Waals surface area contributed by atoms with E-state index in [9.17, 15) is 9.59 Å². The van der Waals surface area contributed by atoms with Crippen LogP contribution in [0.15, 0.2) is 0 Å². The zero-order chi connectivity index (χ0) is 15.4. The molecule has 1 aliphatic carbocycles. The van der Waals surface area contributed by atoms with Crippen LogP contribution in [0.2, 0.25) is 0 Å². The van der Waals surface area contributed by atoms with Crippen molar-refractivity contribution in [3.63, 3.8) is 0 Å². The van der Waals surface area contributed by atoms with Gasteiger partial charge in [-0.05, 0) is 32.6 Å². The minimum absolute atomic E-state index is 0.00552. The third-order valence-electron chi connectivity index (χ3n) is 4.29. The van der Waals surface area contributed by atoms with E-state index in [1.165, 1.54) is 19.4 Å². The number of urea groups is 1. The Morgan fingerprint density at radius 1 is 1.19 bits per heavy atom. The number of rotatable bonds is 6. The van der Waals surface area contributed by atoms with Crippen LogP contribution in [0.25, 0.3) is 0 Å². The molecule has 0 unspecified atom stereocenters. The number of nitrogens with zero attached hydrogens (tertiary/aromatic N) is 3. The number of hydrogen-bond acceptors (Lipinski definition) is 3. The van der Waals surface area contributed by atoms with Crippen LogP contribution in [-0.2, 0) is 4.79 Å². The molecule has 0 atom stereocenters. The highest BCUT2D eigenvalue weighted by Gasteiger charge is 2.29. The van der Waals surface area contributed by atoms with E-state index in [1.54, 1.807) is 4.90 Å². The molecule has 6 nitrogen and oxygen atoms in total. The van der Waals surface area contributed by atoms with Crippen molar-refractivity contribution in [3.05, 3.63) is 0 Å². The SMILES string of the molecule is CC(C)N(CCC(=O)O)C(=O)N1CCN(CC2CC2)CC1. The Hall–Kier alpha value is -1.30. The predicted octanol–water partition coefficient (Wildman–Crippen LogP) is 1.32. The third-order valence-corrected chi connectivity index (χ3v) is 4.29. The average Bonchev–Trinajstić information content (AvgIpc) is 3.22. The molecule has 2 aliphatic rings. The number of hydrogen-bond donors (Lipinski definition) is 1. The largest absolute Gasteiger partial charge is 0.481 e. The van der Waals surface area contributed by atoms with Gasteiger partial charge in [0.2, 0.25) is 0 Å². The maximum Gasteiger partial charge on any atom is 0.320 e. The van der Waals surface area contributed by atoms with E-state index in [-0.39, 0.29) is 25.0 Å². The standard InChI is InChI=1S/C15H27N3O3/c1-12(2)18(6-5-14(19)20)15(21)17-9-7-16(8-10-17)11-13-3-4-13/h12-13H,3-11H2,1-2H3,(H,19,20). The lowest BCUT2D eigenvalue weighted by Gasteiger charge is -2.38. The monoisotopic (exact) mass is 297 g/mol. The molecule has 2 fully saturated rings. The number of carboxylic acids is 1. The lowest BCUT2D eigenvalue weighted by molar-refractivity contribution is -0.137. The Kier molecular flexibility index (Phi) is 5.45. The van der Waals surface area contributed by atoms with Gasteiger partial charge in [0.25, 0.3) is 0 Å². The Bertz CT molecular complexity index is 374. The van der Waals surface area contributed by atoms with E-state index in [1.807, 2.05) is 18.7 Å². The fourth-order valence-electron chi connectivity index (χ4n) is 2.76. The molecule has 2 rings (SSSR count). The maximum atomic E-state index is 12.5. The van der Waals surface area contributed by atoms with Crippen molar-refractivity contribution in [3.8, 4) is 0 Å². The second-order valence-electron chi connectivity index (χ2n) is 6.44. The summed E-state index contributed by atoms with van der Waals surface area (Å²) in [6.07, 6.45) is 2.72. The molecule has 0 aromatic heterocycles. The summed E-state index contributed by atoms with van der Waals surface area (Å²) in [5.41, 5.74) is 0. The predicted molar refractivity (Wildman–Crippen MR) is 80.2 cm³/mol. The molecule has 1 heterocycles. The average molecular weight is 297 g/mol. The van der Waals surface area contributed by atoms with Gasteiger partial charge in [-0.3, -0.25) is 9.69 Å². The van der Waals surface area contributed by atoms with Gasteiger partial charge in [-0.25, -0.2) is 4.79 Å². The molecule has 120 valence electrons. The summed E-state index contributed by atoms with van der Waals surface area (Å²) in [5.74, 6) is 0.0256. The molecule has 21 heavy (non-hydrogen) atoms. The third kappa shape index (κ3) is 4.88. The minimum atomic E-state index is -0.859. The second-order valence-corrected chi connectivity index (χ2v) is 6.44. The Morgan fingerprint density at radius 3 is 2.29 bits per heavy atom. The zero-order valence-electron chi connectivity index (χ0n) is 13.1. The number of carbonyl (C=O) groups excluding carboxylic acids is 1. The highest BCUT2D eigenvalue weighted by Crippen LogP contribution is 2.29. The van der Waals surface area contributed by atoms with Gasteiger partial charge < -0.3 is 14.9 Å². The van der Waals surface area contributed by atoms with Gasteiger partial charge in [-0.1, -0.05) is 0 Å². The van der Waals surface area contributed by atoms with Gasteiger partial charge in [0.05, 0.1) is 6.42 Å². The zero-order valence-corrected chi connectivity index (χ0v) is 13.1. The Balaban J connectivity index is 1.81. The lowest BCUT2D eigenvalue weighted by atomic mass is 10.2. The van der Waals surface area contributed by atoms with Crippen LogP contribution in [0.3, 0.4) is 0 Å². The molecule has 0 bridgehead atoms. The van der Waals surface area contributed by atoms with E-state index in [4.69, 9.17) is 5.11 Å². The smallest absolute Gasteiger partial charge is 0.320 e. The van der Waals surface area contributed by atoms with Crippen molar-refractivity contribution < 1.29 is 14.7 Å². The molecule has 2 amide bonds. The van der Waals surface area contributed by atoms with Crippen LogP contribution in [0.5, 0.6) is 0 Å². The minimum Gasteiger partial charge on any atom is -0.481 e. The van der Waals surface area contributed by atoms with E-state index in [0.717, 1.165) is 32.1 Å². The molecule has 1 aliphatic heterocycles. The van der Waals surface area contributed by atoms with Crippen LogP contribution in [-0.4, -0.2) is 77.1 Å². The van der Waals surface area contributed by atoms with Gasteiger partial charge in [0, 0.05) is 45.3 Å². The quantitative estimate of drug-likeness (QED) is 0.803. The van der Waals surface area contributed by atoms with Crippen LogP contribution < -0.4 is 0 Å². The molecule has 0 radical (unpaired) electrons. The Morgan fingerprint density at radius 2 is 1.81 bits per heavy atom. The number of aliphatic carboxylic acids is 1. The summed E-state index contributed by atoms with van der Waals surface area (Å²) in [5, 5.41) is 8.80. The number of carbonyl (C=O) groups is 2. The van der Waals surface area contributed by atoms with Crippen molar-refractivity contribution in [1.82, 2.24) is 14.7 Å². The van der Waals surface area contributed by atoms with Crippen molar-refractivity contribution in [2.24, 2.45) is 5.92 Å². The molecule has 1 saturated heterocycles. The van der Waals surface area contributed by atoms with Crippen LogP contribution in [0, 0.1) is 5.92 Å². The highest BCUT2D eigenvalue weighted by atomic mass is 16.4. The van der Waals surface area contributed by atoms with Gasteiger partial charge in [0.1, 0.15) is 0 Å². The molecular formula is C15H27N3O3.